The number of allylic oxidation sites excluding steroid dienone is 2. The zero-order valence-corrected chi connectivity index (χ0v) is 39.9. The number of hydrogen-bond donors (Lipinski definition) is 8. The lowest BCUT2D eigenvalue weighted by atomic mass is 9.98. The minimum absolute atomic E-state index is 0.261. The summed E-state index contributed by atoms with van der Waals surface area (Å²) < 4.78 is 11.1. The Morgan fingerprint density at radius 1 is 0.548 bits per heavy atom. The van der Waals surface area contributed by atoms with Crippen molar-refractivity contribution in [1.29, 1.82) is 0 Å². The third kappa shape index (κ3) is 30.1. The fraction of sp³-hybridized carbons (Fsp3) is 0.941. The second kappa shape index (κ2) is 41.3. The van der Waals surface area contributed by atoms with Gasteiger partial charge in [-0.15, -0.1) is 0 Å². The minimum Gasteiger partial charge on any atom is -0.394 e. The topological polar surface area (TPSA) is 189 Å². The number of ether oxygens (including phenoxy) is 2. The molecule has 11 heteroatoms. The number of unbranched alkanes of at least 4 members (excludes halogenated alkanes) is 30. The molecule has 11 nitrogen and oxygen atoms in total. The van der Waals surface area contributed by atoms with E-state index >= 15 is 0 Å². The summed E-state index contributed by atoms with van der Waals surface area (Å²) in [5.41, 5.74) is 0. The second-order valence-electron chi connectivity index (χ2n) is 18.6. The molecule has 0 aromatic carbocycles. The summed E-state index contributed by atoms with van der Waals surface area (Å²) in [6.45, 7) is 3.43. The lowest BCUT2D eigenvalue weighted by molar-refractivity contribution is -0.303. The predicted octanol–water partition coefficient (Wildman–Crippen LogP) is 9.62. The molecule has 0 aromatic rings. The van der Waals surface area contributed by atoms with Crippen LogP contribution in [0.1, 0.15) is 239 Å². The van der Waals surface area contributed by atoms with Gasteiger partial charge in [-0.1, -0.05) is 212 Å². The number of nitrogens with one attached hydrogen (secondary N) is 1. The van der Waals surface area contributed by atoms with E-state index < -0.39 is 74.2 Å². The molecule has 1 amide bonds. The predicted molar refractivity (Wildman–Crippen MR) is 252 cm³/mol. The normalized spacial score (nSPS) is 21.3. The molecule has 0 spiro atoms. The SMILES string of the molecule is CCCCCCCCCCCCCC/C=C\CCCCCCCCCCCCC(O)C(=O)NC(COC1OC(CO)C(O)C(O)C1O)C(O)C(O)CCCCCCCCCCC. The molecule has 0 aromatic heterocycles. The Bertz CT molecular complexity index is 1020. The maximum absolute atomic E-state index is 13.1. The Labute approximate surface area is 379 Å². The van der Waals surface area contributed by atoms with Gasteiger partial charge in [0, 0.05) is 0 Å². The lowest BCUT2D eigenvalue weighted by Crippen LogP contribution is -2.60. The monoisotopic (exact) mass is 886 g/mol. The van der Waals surface area contributed by atoms with Crippen molar-refractivity contribution < 1.29 is 50.0 Å². The number of aliphatic hydroxyl groups is 7. The second-order valence-corrected chi connectivity index (χ2v) is 18.6. The van der Waals surface area contributed by atoms with E-state index in [-0.39, 0.29) is 6.42 Å². The quantitative estimate of drug-likeness (QED) is 0.0216. The van der Waals surface area contributed by atoms with Gasteiger partial charge in [0.05, 0.1) is 25.4 Å². The maximum Gasteiger partial charge on any atom is 0.249 e. The molecule has 8 N–H and O–H groups in total. The number of carbonyl (C=O) groups is 1. The van der Waals surface area contributed by atoms with Crippen molar-refractivity contribution in [1.82, 2.24) is 5.32 Å². The van der Waals surface area contributed by atoms with Crippen LogP contribution in [0.5, 0.6) is 0 Å². The number of rotatable bonds is 44. The van der Waals surface area contributed by atoms with E-state index in [1.54, 1.807) is 0 Å². The fourth-order valence-electron chi connectivity index (χ4n) is 8.50. The highest BCUT2D eigenvalue weighted by molar-refractivity contribution is 5.80. The number of hydrogen-bond acceptors (Lipinski definition) is 10. The van der Waals surface area contributed by atoms with Crippen LogP contribution in [0.25, 0.3) is 0 Å². The van der Waals surface area contributed by atoms with Gasteiger partial charge in [-0.3, -0.25) is 4.79 Å². The average Bonchev–Trinajstić information content (AvgIpc) is 3.27. The Hall–Kier alpha value is -1.15. The molecule has 62 heavy (non-hydrogen) atoms. The number of aliphatic hydroxyl groups excluding tert-OH is 7. The van der Waals surface area contributed by atoms with Crippen LogP contribution >= 0.6 is 0 Å². The summed E-state index contributed by atoms with van der Waals surface area (Å²) in [5, 5.41) is 75.6. The first-order chi connectivity index (χ1) is 30.2. The van der Waals surface area contributed by atoms with E-state index in [0.717, 1.165) is 38.5 Å². The van der Waals surface area contributed by atoms with Crippen molar-refractivity contribution in [2.75, 3.05) is 13.2 Å². The van der Waals surface area contributed by atoms with Crippen LogP contribution in [0.15, 0.2) is 12.2 Å². The van der Waals surface area contributed by atoms with E-state index in [1.807, 2.05) is 0 Å². The summed E-state index contributed by atoms with van der Waals surface area (Å²) in [5.74, 6) is -0.697. The molecule has 1 saturated heterocycles. The lowest BCUT2D eigenvalue weighted by Gasteiger charge is -2.40. The van der Waals surface area contributed by atoms with E-state index in [1.165, 1.54) is 161 Å². The Morgan fingerprint density at radius 2 is 0.935 bits per heavy atom. The average molecular weight is 886 g/mol. The Kier molecular flexibility index (Phi) is 39.2. The summed E-state index contributed by atoms with van der Waals surface area (Å²) in [4.78, 5) is 13.1. The van der Waals surface area contributed by atoms with Gasteiger partial charge in [-0.2, -0.15) is 0 Å². The summed E-state index contributed by atoms with van der Waals surface area (Å²) >= 11 is 0. The zero-order chi connectivity index (χ0) is 45.5. The van der Waals surface area contributed by atoms with Gasteiger partial charge < -0.3 is 50.5 Å². The van der Waals surface area contributed by atoms with Gasteiger partial charge in [0.25, 0.3) is 0 Å². The van der Waals surface area contributed by atoms with Crippen LogP contribution in [0.4, 0.5) is 0 Å². The highest BCUT2D eigenvalue weighted by Crippen LogP contribution is 2.23. The first kappa shape index (κ1) is 58.9. The molecule has 1 fully saturated rings. The van der Waals surface area contributed by atoms with Gasteiger partial charge in [0.15, 0.2) is 6.29 Å². The number of carbonyl (C=O) groups excluding carboxylic acids is 1. The minimum atomic E-state index is -1.66. The largest absolute Gasteiger partial charge is 0.394 e. The van der Waals surface area contributed by atoms with E-state index in [9.17, 15) is 40.5 Å². The van der Waals surface area contributed by atoms with Crippen molar-refractivity contribution >= 4 is 5.91 Å². The van der Waals surface area contributed by atoms with Crippen LogP contribution < -0.4 is 5.32 Å². The first-order valence-electron chi connectivity index (χ1n) is 26.1. The van der Waals surface area contributed by atoms with Gasteiger partial charge in [0.1, 0.15) is 36.6 Å². The van der Waals surface area contributed by atoms with Crippen LogP contribution in [0.3, 0.4) is 0 Å². The molecule has 9 unspecified atom stereocenters. The van der Waals surface area contributed by atoms with Crippen LogP contribution in [-0.2, 0) is 14.3 Å². The summed E-state index contributed by atoms with van der Waals surface area (Å²) in [7, 11) is 0. The number of amides is 1. The van der Waals surface area contributed by atoms with Gasteiger partial charge in [-0.05, 0) is 38.5 Å². The molecule has 1 rings (SSSR count). The molecule has 0 bridgehead atoms. The van der Waals surface area contributed by atoms with E-state index in [2.05, 4.69) is 31.3 Å². The van der Waals surface area contributed by atoms with Crippen molar-refractivity contribution in [2.45, 2.75) is 294 Å². The van der Waals surface area contributed by atoms with Crippen molar-refractivity contribution in [3.63, 3.8) is 0 Å². The molecular formula is C51H99NO10. The zero-order valence-electron chi connectivity index (χ0n) is 39.9. The molecule has 1 aliphatic heterocycles. The van der Waals surface area contributed by atoms with Crippen LogP contribution in [-0.4, -0.2) is 110 Å². The van der Waals surface area contributed by atoms with E-state index in [0.29, 0.717) is 19.3 Å². The third-order valence-electron chi connectivity index (χ3n) is 12.8. The van der Waals surface area contributed by atoms with Gasteiger partial charge in [0.2, 0.25) is 5.91 Å². The maximum atomic E-state index is 13.1. The summed E-state index contributed by atoms with van der Waals surface area (Å²) in [6, 6.07) is -1.16. The van der Waals surface area contributed by atoms with Crippen molar-refractivity contribution in [3.8, 4) is 0 Å². The van der Waals surface area contributed by atoms with Gasteiger partial charge >= 0.3 is 0 Å². The Morgan fingerprint density at radius 3 is 1.35 bits per heavy atom. The van der Waals surface area contributed by atoms with Gasteiger partial charge in [-0.25, -0.2) is 0 Å². The van der Waals surface area contributed by atoms with E-state index in [4.69, 9.17) is 9.47 Å². The summed E-state index contributed by atoms with van der Waals surface area (Å²) in [6.07, 6.45) is 34.3. The standard InChI is InChI=1S/C51H99NO10/c1-3-5-7-9-11-13-14-15-16-17-18-19-20-21-22-23-24-25-26-27-28-29-31-33-35-37-39-44(55)50(60)52-42(41-61-51-49(59)48(58)47(57)45(40-53)62-51)46(56)43(54)38-36-34-32-30-12-10-8-6-4-2/h21-22,42-49,51,53-59H,3-20,23-41H2,1-2H3,(H,52,60)/b22-21-. The highest BCUT2D eigenvalue weighted by Gasteiger charge is 2.44. The smallest absolute Gasteiger partial charge is 0.249 e. The molecular weight excluding hydrogens is 787 g/mol. The molecule has 1 aliphatic rings. The molecule has 1 heterocycles. The fourth-order valence-corrected chi connectivity index (χ4v) is 8.50. The first-order valence-corrected chi connectivity index (χ1v) is 26.1. The van der Waals surface area contributed by atoms with Crippen molar-refractivity contribution in [2.24, 2.45) is 0 Å². The van der Waals surface area contributed by atoms with Crippen LogP contribution in [0, 0.1) is 0 Å². The molecule has 9 atom stereocenters. The Balaban J connectivity index is 2.26. The third-order valence-corrected chi connectivity index (χ3v) is 12.8. The van der Waals surface area contributed by atoms with Crippen LogP contribution in [0.2, 0.25) is 0 Å². The molecule has 0 aliphatic carbocycles. The molecule has 368 valence electrons. The molecule has 0 saturated carbocycles. The highest BCUT2D eigenvalue weighted by atomic mass is 16.7. The molecule has 0 radical (unpaired) electrons. The van der Waals surface area contributed by atoms with Crippen molar-refractivity contribution in [3.05, 3.63) is 12.2 Å².